The molecule has 0 aliphatic heterocycles. The van der Waals surface area contributed by atoms with E-state index in [4.69, 9.17) is 0 Å². The number of aliphatic hydroxyl groups excluding tert-OH is 2. The van der Waals surface area contributed by atoms with Crippen LogP contribution in [0, 0.1) is 0 Å². The van der Waals surface area contributed by atoms with Crippen molar-refractivity contribution in [2.75, 3.05) is 6.61 Å². The maximum Gasteiger partial charge on any atom is 0.220 e. The summed E-state index contributed by atoms with van der Waals surface area (Å²) in [6.07, 6.45) is 63.9. The van der Waals surface area contributed by atoms with Crippen molar-refractivity contribution in [1.29, 1.82) is 0 Å². The third kappa shape index (κ3) is 44.0. The summed E-state index contributed by atoms with van der Waals surface area (Å²) < 4.78 is 0. The first-order valence-corrected chi connectivity index (χ1v) is 25.6. The predicted octanol–water partition coefficient (Wildman–Crippen LogP) is 16.4. The third-order valence-electron chi connectivity index (χ3n) is 11.9. The zero-order chi connectivity index (χ0) is 40.7. The van der Waals surface area contributed by atoms with Crippen LogP contribution in [-0.2, 0) is 4.79 Å². The van der Waals surface area contributed by atoms with Crippen LogP contribution < -0.4 is 5.32 Å². The van der Waals surface area contributed by atoms with Gasteiger partial charge < -0.3 is 15.5 Å². The second-order valence-electron chi connectivity index (χ2n) is 17.6. The monoisotopic (exact) mass is 788 g/mol. The molecule has 0 bridgehead atoms. The van der Waals surface area contributed by atoms with Crippen LogP contribution in [0.3, 0.4) is 0 Å². The third-order valence-corrected chi connectivity index (χ3v) is 11.9. The van der Waals surface area contributed by atoms with Crippen LogP contribution in [0.2, 0.25) is 0 Å². The molecule has 332 valence electrons. The minimum absolute atomic E-state index is 0.0667. The molecule has 2 atom stereocenters. The molecule has 0 radical (unpaired) electrons. The minimum Gasteiger partial charge on any atom is -0.394 e. The number of hydrogen-bond acceptors (Lipinski definition) is 3. The summed E-state index contributed by atoms with van der Waals surface area (Å²) in [7, 11) is 0. The van der Waals surface area contributed by atoms with E-state index in [9.17, 15) is 15.0 Å². The van der Waals surface area contributed by atoms with Crippen molar-refractivity contribution in [3.05, 3.63) is 24.3 Å². The number of allylic oxidation sites excluding steroid dienone is 3. The van der Waals surface area contributed by atoms with Crippen LogP contribution in [0.15, 0.2) is 24.3 Å². The summed E-state index contributed by atoms with van der Waals surface area (Å²) in [5, 5.41) is 22.7. The lowest BCUT2D eigenvalue weighted by Gasteiger charge is -2.20. The number of nitrogens with one attached hydrogen (secondary N) is 1. The molecule has 0 saturated heterocycles. The maximum absolute atomic E-state index is 12.3. The number of amides is 1. The summed E-state index contributed by atoms with van der Waals surface area (Å²) in [5.74, 6) is -0.0667. The standard InChI is InChI=1S/C52H101NO3/c1-3-5-7-9-10-11-12-13-14-15-16-17-18-19-20-21-22-23-24-25-26-27-28-29-30-31-32-33-34-35-36-37-38-39-40-41-42-44-46-48-52(56)53-50(49-54)51(55)47-45-43-8-6-4-2/h15-16,45,47,50-51,54-55H,3-14,17-44,46,48-49H2,1-2H3,(H,53,56)/b16-15-,47-45+. The van der Waals surface area contributed by atoms with Crippen LogP contribution in [0.4, 0.5) is 0 Å². The molecule has 0 saturated carbocycles. The van der Waals surface area contributed by atoms with Gasteiger partial charge in [-0.1, -0.05) is 256 Å². The summed E-state index contributed by atoms with van der Waals surface area (Å²) in [5.41, 5.74) is 0. The Bertz CT molecular complexity index is 810. The smallest absolute Gasteiger partial charge is 0.220 e. The Hall–Kier alpha value is -1.13. The highest BCUT2D eigenvalue weighted by molar-refractivity contribution is 5.76. The number of hydrogen-bond donors (Lipinski definition) is 3. The lowest BCUT2D eigenvalue weighted by atomic mass is 10.0. The van der Waals surface area contributed by atoms with Gasteiger partial charge in [-0.2, -0.15) is 0 Å². The summed E-state index contributed by atoms with van der Waals surface area (Å²) in [4.78, 5) is 12.3. The van der Waals surface area contributed by atoms with Gasteiger partial charge in [-0.3, -0.25) is 4.79 Å². The lowest BCUT2D eigenvalue weighted by molar-refractivity contribution is -0.123. The molecule has 0 spiro atoms. The van der Waals surface area contributed by atoms with Gasteiger partial charge in [-0.25, -0.2) is 0 Å². The molecule has 3 N–H and O–H groups in total. The molecule has 56 heavy (non-hydrogen) atoms. The molecule has 4 nitrogen and oxygen atoms in total. The Morgan fingerprint density at radius 2 is 0.679 bits per heavy atom. The van der Waals surface area contributed by atoms with Gasteiger partial charge >= 0.3 is 0 Å². The quantitative estimate of drug-likeness (QED) is 0.0425. The second-order valence-corrected chi connectivity index (χ2v) is 17.6. The van der Waals surface area contributed by atoms with Gasteiger partial charge in [-0.05, 0) is 44.9 Å². The average Bonchev–Trinajstić information content (AvgIpc) is 3.20. The van der Waals surface area contributed by atoms with E-state index in [0.29, 0.717) is 6.42 Å². The van der Waals surface area contributed by atoms with Crippen molar-refractivity contribution >= 4 is 5.91 Å². The van der Waals surface area contributed by atoms with Gasteiger partial charge in [0, 0.05) is 6.42 Å². The number of carbonyl (C=O) groups is 1. The number of carbonyl (C=O) groups excluding carboxylic acids is 1. The molecule has 0 rings (SSSR count). The van der Waals surface area contributed by atoms with E-state index in [0.717, 1.165) is 25.7 Å². The molecule has 0 fully saturated rings. The average molecular weight is 788 g/mol. The van der Waals surface area contributed by atoms with Gasteiger partial charge in [0.15, 0.2) is 0 Å². The van der Waals surface area contributed by atoms with Gasteiger partial charge in [0.05, 0.1) is 18.8 Å². The number of unbranched alkanes of at least 4 members (excludes halogenated alkanes) is 38. The molecule has 0 aromatic rings. The van der Waals surface area contributed by atoms with E-state index in [1.54, 1.807) is 6.08 Å². The molecule has 2 unspecified atom stereocenters. The largest absolute Gasteiger partial charge is 0.394 e. The first-order valence-electron chi connectivity index (χ1n) is 25.6. The molecule has 0 heterocycles. The number of aliphatic hydroxyl groups is 2. The highest BCUT2D eigenvalue weighted by Gasteiger charge is 2.18. The fourth-order valence-corrected chi connectivity index (χ4v) is 8.00. The first-order chi connectivity index (χ1) is 27.7. The molecule has 0 aliphatic rings. The second kappa shape index (κ2) is 48.2. The zero-order valence-corrected chi connectivity index (χ0v) is 38.2. The van der Waals surface area contributed by atoms with Crippen LogP contribution in [0.5, 0.6) is 0 Å². The van der Waals surface area contributed by atoms with Crippen molar-refractivity contribution in [2.24, 2.45) is 0 Å². The minimum atomic E-state index is -0.831. The van der Waals surface area contributed by atoms with E-state index in [1.807, 2.05) is 6.08 Å². The first kappa shape index (κ1) is 54.9. The summed E-state index contributed by atoms with van der Waals surface area (Å²) in [6.45, 7) is 4.22. The fourth-order valence-electron chi connectivity index (χ4n) is 8.00. The van der Waals surface area contributed by atoms with Gasteiger partial charge in [0.25, 0.3) is 0 Å². The Kier molecular flexibility index (Phi) is 47.3. The maximum atomic E-state index is 12.3. The Morgan fingerprint density at radius 1 is 0.411 bits per heavy atom. The van der Waals surface area contributed by atoms with Crippen molar-refractivity contribution in [3.63, 3.8) is 0 Å². The predicted molar refractivity (Wildman–Crippen MR) is 249 cm³/mol. The fraction of sp³-hybridized carbons (Fsp3) is 0.904. The van der Waals surface area contributed by atoms with Crippen LogP contribution in [0.1, 0.15) is 284 Å². The van der Waals surface area contributed by atoms with E-state index >= 15 is 0 Å². The molecular weight excluding hydrogens is 687 g/mol. The van der Waals surface area contributed by atoms with E-state index in [2.05, 4.69) is 31.3 Å². The molecule has 0 aromatic heterocycles. The van der Waals surface area contributed by atoms with Gasteiger partial charge in [-0.15, -0.1) is 0 Å². The van der Waals surface area contributed by atoms with E-state index in [1.165, 1.54) is 238 Å². The van der Waals surface area contributed by atoms with Crippen molar-refractivity contribution in [3.8, 4) is 0 Å². The van der Waals surface area contributed by atoms with Crippen LogP contribution in [0.25, 0.3) is 0 Å². The molecular formula is C52H101NO3. The summed E-state index contributed by atoms with van der Waals surface area (Å²) >= 11 is 0. The van der Waals surface area contributed by atoms with Gasteiger partial charge in [0.2, 0.25) is 5.91 Å². The molecule has 0 aliphatic carbocycles. The van der Waals surface area contributed by atoms with E-state index in [-0.39, 0.29) is 12.5 Å². The Balaban J connectivity index is 3.27. The normalized spacial score (nSPS) is 13.0. The van der Waals surface area contributed by atoms with Crippen molar-refractivity contribution in [1.82, 2.24) is 5.32 Å². The molecule has 0 aromatic carbocycles. The topological polar surface area (TPSA) is 69.6 Å². The Morgan fingerprint density at radius 3 is 1.02 bits per heavy atom. The SMILES string of the molecule is CCCCC/C=C/C(O)C(CO)NC(=O)CCCCCCCCCCCCCCCCCCCCCCCCCCCCC/C=C\CCCCCCCCCC. The van der Waals surface area contributed by atoms with Crippen molar-refractivity contribution in [2.45, 2.75) is 296 Å². The Labute approximate surface area is 351 Å². The zero-order valence-electron chi connectivity index (χ0n) is 38.2. The molecule has 4 heteroatoms. The van der Waals surface area contributed by atoms with Crippen LogP contribution >= 0.6 is 0 Å². The van der Waals surface area contributed by atoms with Gasteiger partial charge in [0.1, 0.15) is 0 Å². The van der Waals surface area contributed by atoms with Crippen molar-refractivity contribution < 1.29 is 15.0 Å². The highest BCUT2D eigenvalue weighted by atomic mass is 16.3. The lowest BCUT2D eigenvalue weighted by Crippen LogP contribution is -2.45. The van der Waals surface area contributed by atoms with Crippen LogP contribution in [-0.4, -0.2) is 34.9 Å². The number of rotatable bonds is 47. The summed E-state index contributed by atoms with van der Waals surface area (Å²) in [6, 6.07) is -0.614. The molecule has 1 amide bonds. The highest BCUT2D eigenvalue weighted by Crippen LogP contribution is 2.17. The van der Waals surface area contributed by atoms with E-state index < -0.39 is 12.1 Å².